The number of unbranched alkanes of at least 4 members (excludes halogenated alkanes) is 1. The third-order valence-electron chi connectivity index (χ3n) is 5.53. The molecule has 0 saturated heterocycles. The summed E-state index contributed by atoms with van der Waals surface area (Å²) >= 11 is 3.60. The monoisotopic (exact) mass is 389 g/mol. The van der Waals surface area contributed by atoms with Crippen LogP contribution in [0.5, 0.6) is 0 Å². The smallest absolute Gasteiger partial charge is 0.221 e. The molecule has 3 rings (SSSR count). The van der Waals surface area contributed by atoms with Gasteiger partial charge in [-0.15, -0.1) is 0 Å². The van der Waals surface area contributed by atoms with Crippen LogP contribution in [0, 0.1) is 12.3 Å². The number of hydrogen-bond acceptors (Lipinski definition) is 2. The van der Waals surface area contributed by atoms with Gasteiger partial charge in [-0.2, -0.15) is 0 Å². The predicted octanol–water partition coefficient (Wildman–Crippen LogP) is 5.16. The van der Waals surface area contributed by atoms with Gasteiger partial charge in [0.15, 0.2) is 5.78 Å². The van der Waals surface area contributed by atoms with E-state index in [1.807, 2.05) is 6.07 Å². The molecule has 1 aromatic rings. The second kappa shape index (κ2) is 6.47. The lowest BCUT2D eigenvalue weighted by Crippen LogP contribution is -2.27. The van der Waals surface area contributed by atoms with Crippen LogP contribution < -0.4 is 5.32 Å². The Hall–Kier alpha value is -1.42. The number of carbonyl (C=O) groups is 2. The van der Waals surface area contributed by atoms with E-state index in [1.54, 1.807) is 0 Å². The molecule has 0 aromatic heterocycles. The van der Waals surface area contributed by atoms with Gasteiger partial charge in [0.05, 0.1) is 4.48 Å². The Morgan fingerprint density at radius 3 is 2.79 bits per heavy atom. The van der Waals surface area contributed by atoms with Crippen molar-refractivity contribution in [3.8, 4) is 0 Å². The van der Waals surface area contributed by atoms with E-state index in [-0.39, 0.29) is 17.1 Å². The summed E-state index contributed by atoms with van der Waals surface area (Å²) in [5, 5.41) is 2.93. The van der Waals surface area contributed by atoms with Crippen molar-refractivity contribution >= 4 is 38.9 Å². The summed E-state index contributed by atoms with van der Waals surface area (Å²) in [5.41, 5.74) is 5.78. The van der Waals surface area contributed by atoms with E-state index in [9.17, 15) is 9.59 Å². The quantitative estimate of drug-likeness (QED) is 0.772. The number of fused-ring (bicyclic) bond motifs is 3. The van der Waals surface area contributed by atoms with Crippen LogP contribution in [-0.4, -0.2) is 11.7 Å². The first-order valence-electron chi connectivity index (χ1n) is 8.73. The molecule has 2 aliphatic rings. The van der Waals surface area contributed by atoms with E-state index in [0.29, 0.717) is 6.42 Å². The van der Waals surface area contributed by atoms with E-state index in [4.69, 9.17) is 0 Å². The van der Waals surface area contributed by atoms with E-state index >= 15 is 0 Å². The molecule has 0 heterocycles. The topological polar surface area (TPSA) is 46.2 Å². The highest BCUT2D eigenvalue weighted by atomic mass is 79.9. The Bertz CT molecular complexity index is 750. The van der Waals surface area contributed by atoms with Gasteiger partial charge in [0, 0.05) is 24.4 Å². The molecule has 1 atom stereocenters. The molecular formula is C20H24BrNO2. The maximum absolute atomic E-state index is 12.3. The molecular weight excluding hydrogens is 366 g/mol. The lowest BCUT2D eigenvalue weighted by molar-refractivity contribution is -0.116. The van der Waals surface area contributed by atoms with Crippen LogP contribution in [-0.2, 0) is 16.0 Å². The fraction of sp³-hybridized carbons (Fsp3) is 0.500. The molecule has 0 spiro atoms. The van der Waals surface area contributed by atoms with E-state index in [1.165, 1.54) is 30.0 Å². The second-order valence-corrected chi connectivity index (χ2v) is 7.91. The Kier molecular flexibility index (Phi) is 4.69. The average Bonchev–Trinajstić information content (AvgIpc) is 2.88. The average molecular weight is 390 g/mol. The molecule has 24 heavy (non-hydrogen) atoms. The van der Waals surface area contributed by atoms with Crippen LogP contribution in [0.4, 0.5) is 5.69 Å². The van der Waals surface area contributed by atoms with E-state index in [0.717, 1.165) is 41.4 Å². The van der Waals surface area contributed by atoms with Crippen molar-refractivity contribution in [3.63, 3.8) is 0 Å². The first-order chi connectivity index (χ1) is 11.4. The van der Waals surface area contributed by atoms with Crippen LogP contribution >= 0.6 is 15.9 Å². The molecule has 0 fully saturated rings. The summed E-state index contributed by atoms with van der Waals surface area (Å²) in [4.78, 5) is 23.7. The number of anilines is 1. The minimum absolute atomic E-state index is 0.0512. The fourth-order valence-electron chi connectivity index (χ4n) is 4.28. The Labute approximate surface area is 152 Å². The molecule has 128 valence electrons. The Balaban J connectivity index is 2.14. The first kappa shape index (κ1) is 17.4. The number of benzene rings is 1. The number of nitrogens with one attached hydrogen (secondary N) is 1. The van der Waals surface area contributed by atoms with Crippen molar-refractivity contribution in [1.82, 2.24) is 0 Å². The molecule has 1 unspecified atom stereocenters. The highest BCUT2D eigenvalue weighted by molar-refractivity contribution is 9.12. The highest BCUT2D eigenvalue weighted by Gasteiger charge is 2.46. The van der Waals surface area contributed by atoms with Gasteiger partial charge in [-0.25, -0.2) is 0 Å². The summed E-state index contributed by atoms with van der Waals surface area (Å²) in [6.07, 6.45) is 5.97. The number of rotatable bonds is 4. The third-order valence-corrected chi connectivity index (χ3v) is 6.37. The summed E-state index contributed by atoms with van der Waals surface area (Å²) in [7, 11) is 0. The van der Waals surface area contributed by atoms with Crippen molar-refractivity contribution in [2.75, 3.05) is 5.32 Å². The van der Waals surface area contributed by atoms with Crippen LogP contribution in [0.25, 0.3) is 5.57 Å². The zero-order valence-corrected chi connectivity index (χ0v) is 16.2. The zero-order chi connectivity index (χ0) is 17.5. The third kappa shape index (κ3) is 2.75. The number of hydrogen-bond donors (Lipinski definition) is 1. The number of allylic oxidation sites excluding steroid dienone is 2. The number of ketones is 1. The fourth-order valence-corrected chi connectivity index (χ4v) is 5.11. The van der Waals surface area contributed by atoms with Crippen molar-refractivity contribution < 1.29 is 9.59 Å². The molecule has 0 radical (unpaired) electrons. The summed E-state index contributed by atoms with van der Waals surface area (Å²) in [6, 6.07) is 4.05. The van der Waals surface area contributed by atoms with Gasteiger partial charge in [0.1, 0.15) is 0 Å². The van der Waals surface area contributed by atoms with Crippen LogP contribution in [0.1, 0.15) is 62.6 Å². The van der Waals surface area contributed by atoms with Crippen molar-refractivity contribution in [2.24, 2.45) is 5.41 Å². The van der Waals surface area contributed by atoms with Gasteiger partial charge in [-0.1, -0.05) is 25.8 Å². The molecule has 0 saturated carbocycles. The van der Waals surface area contributed by atoms with Crippen molar-refractivity contribution in [3.05, 3.63) is 33.3 Å². The maximum Gasteiger partial charge on any atom is 0.221 e. The predicted molar refractivity (Wildman–Crippen MR) is 101 cm³/mol. The molecule has 2 aliphatic carbocycles. The lowest BCUT2D eigenvalue weighted by Gasteiger charge is -2.35. The highest BCUT2D eigenvalue weighted by Crippen LogP contribution is 2.58. The summed E-state index contributed by atoms with van der Waals surface area (Å²) in [5.74, 6) is 0.165. The Morgan fingerprint density at radius 1 is 1.38 bits per heavy atom. The number of halogens is 1. The van der Waals surface area contributed by atoms with Gasteiger partial charge in [0.2, 0.25) is 5.91 Å². The summed E-state index contributed by atoms with van der Waals surface area (Å²) in [6.45, 7) is 5.82. The van der Waals surface area contributed by atoms with Gasteiger partial charge in [-0.05, 0) is 70.4 Å². The molecule has 1 aromatic carbocycles. The zero-order valence-electron chi connectivity index (χ0n) is 14.6. The molecule has 1 N–H and O–H groups in total. The minimum atomic E-state index is -0.0512. The van der Waals surface area contributed by atoms with Crippen LogP contribution in [0.15, 0.2) is 16.6 Å². The van der Waals surface area contributed by atoms with E-state index in [2.05, 4.69) is 41.2 Å². The number of amides is 1. The first-order valence-corrected chi connectivity index (χ1v) is 9.53. The standard InChI is InChI=1S/C20H24BrNO2/c1-4-5-9-20-10-8-17(24)19(21)18(20)14-6-7-16(22-13(3)23)12(2)15(14)11-20/h6-7H,4-5,8-11H2,1-3H3,(H,22,23). The number of carbonyl (C=O) groups excluding carboxylic acids is 2. The molecule has 0 bridgehead atoms. The second-order valence-electron chi connectivity index (χ2n) is 7.12. The normalized spacial score (nSPS) is 22.4. The van der Waals surface area contributed by atoms with Crippen molar-refractivity contribution in [1.29, 1.82) is 0 Å². The van der Waals surface area contributed by atoms with Gasteiger partial charge in [0.25, 0.3) is 0 Å². The SMILES string of the molecule is CCCCC12CCC(=O)C(Br)=C1c1ccc(NC(C)=O)c(C)c1C2. The number of Topliss-reactive ketones (excluding diaryl/α,β-unsaturated/α-hetero) is 1. The van der Waals surface area contributed by atoms with Gasteiger partial charge < -0.3 is 5.32 Å². The molecule has 4 heteroatoms. The van der Waals surface area contributed by atoms with Crippen LogP contribution in [0.3, 0.4) is 0 Å². The van der Waals surface area contributed by atoms with Gasteiger partial charge in [-0.3, -0.25) is 9.59 Å². The van der Waals surface area contributed by atoms with Gasteiger partial charge >= 0.3 is 0 Å². The Morgan fingerprint density at radius 2 is 2.12 bits per heavy atom. The minimum Gasteiger partial charge on any atom is -0.326 e. The van der Waals surface area contributed by atoms with E-state index < -0.39 is 0 Å². The largest absolute Gasteiger partial charge is 0.326 e. The molecule has 0 aliphatic heterocycles. The molecule has 1 amide bonds. The lowest BCUT2D eigenvalue weighted by atomic mass is 9.69. The van der Waals surface area contributed by atoms with Crippen molar-refractivity contribution in [2.45, 2.75) is 59.3 Å². The molecule has 3 nitrogen and oxygen atoms in total. The summed E-state index contributed by atoms with van der Waals surface area (Å²) < 4.78 is 0.773. The maximum atomic E-state index is 12.3. The van der Waals surface area contributed by atoms with Crippen LogP contribution in [0.2, 0.25) is 0 Å².